The fraction of sp³-hybridized carbons (Fsp3) is 0.267. The van der Waals surface area contributed by atoms with Crippen LogP contribution in [0.2, 0.25) is 0 Å². The van der Waals surface area contributed by atoms with Crippen molar-refractivity contribution in [2.24, 2.45) is 0 Å². The maximum atomic E-state index is 10.7. The molecule has 0 unspecified atom stereocenters. The lowest BCUT2D eigenvalue weighted by atomic mass is 10.3. The minimum atomic E-state index is -1.11. The normalized spacial score (nSPS) is 10.0. The van der Waals surface area contributed by atoms with E-state index in [0.717, 1.165) is 0 Å². The molecule has 8 heteroatoms. The van der Waals surface area contributed by atoms with E-state index in [1.54, 1.807) is 32.4 Å². The first kappa shape index (κ1) is 16.3. The summed E-state index contributed by atoms with van der Waals surface area (Å²) in [5.41, 5.74) is -0.102. The number of ether oxygens (including phenoxy) is 3. The molecule has 122 valence electrons. The highest BCUT2D eigenvalue weighted by atomic mass is 16.5. The molecule has 0 aliphatic rings. The van der Waals surface area contributed by atoms with Crippen molar-refractivity contribution in [1.82, 2.24) is 9.97 Å². The molecular formula is C15H17N3O5. The summed E-state index contributed by atoms with van der Waals surface area (Å²) in [7, 11) is 3.14. The number of rotatable bonds is 8. The second kappa shape index (κ2) is 7.83. The van der Waals surface area contributed by atoms with Crippen molar-refractivity contribution >= 4 is 11.8 Å². The molecule has 1 heterocycles. The van der Waals surface area contributed by atoms with Crippen molar-refractivity contribution in [3.05, 3.63) is 36.3 Å². The Morgan fingerprint density at radius 1 is 1.09 bits per heavy atom. The van der Waals surface area contributed by atoms with Crippen LogP contribution in [-0.2, 0) is 0 Å². The fourth-order valence-corrected chi connectivity index (χ4v) is 1.74. The molecule has 0 amide bonds. The first-order valence-corrected chi connectivity index (χ1v) is 6.77. The number of carboxylic acids is 1. The van der Waals surface area contributed by atoms with Crippen LogP contribution in [0.1, 0.15) is 10.5 Å². The molecule has 0 atom stereocenters. The number of hydrogen-bond donors (Lipinski definition) is 2. The number of anilines is 1. The maximum absolute atomic E-state index is 10.7. The molecule has 0 radical (unpaired) electrons. The van der Waals surface area contributed by atoms with Gasteiger partial charge in [-0.15, -0.1) is 0 Å². The van der Waals surface area contributed by atoms with Crippen LogP contribution < -0.4 is 19.5 Å². The zero-order valence-electron chi connectivity index (χ0n) is 12.8. The molecule has 0 fully saturated rings. The van der Waals surface area contributed by atoms with E-state index in [-0.39, 0.29) is 5.69 Å². The number of carboxylic acid groups (broad SMARTS) is 1. The highest BCUT2D eigenvalue weighted by molar-refractivity contribution is 5.84. The number of aromatic carboxylic acids is 1. The molecule has 0 saturated carbocycles. The van der Waals surface area contributed by atoms with Gasteiger partial charge < -0.3 is 24.6 Å². The molecule has 0 aliphatic carbocycles. The van der Waals surface area contributed by atoms with Crippen LogP contribution in [0.5, 0.6) is 17.2 Å². The van der Waals surface area contributed by atoms with Gasteiger partial charge in [-0.3, -0.25) is 0 Å². The second-order valence-electron chi connectivity index (χ2n) is 4.42. The van der Waals surface area contributed by atoms with Gasteiger partial charge in [0.2, 0.25) is 0 Å². The summed E-state index contributed by atoms with van der Waals surface area (Å²) in [6, 6.07) is 5.26. The Balaban J connectivity index is 1.84. The largest absolute Gasteiger partial charge is 0.496 e. The average molecular weight is 319 g/mol. The monoisotopic (exact) mass is 319 g/mol. The van der Waals surface area contributed by atoms with Gasteiger partial charge >= 0.3 is 5.97 Å². The molecule has 2 N–H and O–H groups in total. The Kier molecular flexibility index (Phi) is 5.56. The summed E-state index contributed by atoms with van der Waals surface area (Å²) in [6.07, 6.45) is 2.55. The third-order valence-electron chi connectivity index (χ3n) is 2.87. The van der Waals surface area contributed by atoms with Crippen LogP contribution in [0.15, 0.2) is 30.6 Å². The zero-order valence-corrected chi connectivity index (χ0v) is 12.8. The van der Waals surface area contributed by atoms with Crippen molar-refractivity contribution in [2.75, 3.05) is 32.7 Å². The summed E-state index contributed by atoms with van der Waals surface area (Å²) in [5.74, 6) is 1.27. The quantitative estimate of drug-likeness (QED) is 0.709. The first-order chi connectivity index (χ1) is 11.1. The summed E-state index contributed by atoms with van der Waals surface area (Å²) in [5, 5.41) is 11.7. The van der Waals surface area contributed by atoms with Gasteiger partial charge in [-0.1, -0.05) is 0 Å². The summed E-state index contributed by atoms with van der Waals surface area (Å²) in [6.45, 7) is 0.847. The Bertz CT molecular complexity index is 638. The van der Waals surface area contributed by atoms with Crippen LogP contribution in [0.25, 0.3) is 0 Å². The van der Waals surface area contributed by atoms with Crippen LogP contribution in [-0.4, -0.2) is 48.4 Å². The number of nitrogens with zero attached hydrogens (tertiary/aromatic N) is 2. The van der Waals surface area contributed by atoms with Crippen molar-refractivity contribution in [3.8, 4) is 17.2 Å². The lowest BCUT2D eigenvalue weighted by molar-refractivity contribution is 0.0690. The summed E-state index contributed by atoms with van der Waals surface area (Å²) in [4.78, 5) is 18.4. The fourth-order valence-electron chi connectivity index (χ4n) is 1.74. The summed E-state index contributed by atoms with van der Waals surface area (Å²) >= 11 is 0. The van der Waals surface area contributed by atoms with E-state index in [1.165, 1.54) is 12.4 Å². The van der Waals surface area contributed by atoms with Crippen molar-refractivity contribution < 1.29 is 24.1 Å². The van der Waals surface area contributed by atoms with Gasteiger partial charge in [0.15, 0.2) is 5.69 Å². The van der Waals surface area contributed by atoms with Crippen molar-refractivity contribution in [3.63, 3.8) is 0 Å². The van der Waals surface area contributed by atoms with E-state index in [9.17, 15) is 4.79 Å². The molecule has 2 rings (SSSR count). The standard InChI is InChI=1S/C15H17N3O5/c1-21-10-5-11(22-2)7-12(6-10)23-4-3-16-14-9-17-13(8-18-14)15(19)20/h5-9H,3-4H2,1-2H3,(H,16,18)(H,19,20). The molecule has 0 bridgehead atoms. The highest BCUT2D eigenvalue weighted by Crippen LogP contribution is 2.27. The van der Waals surface area contributed by atoms with Crippen LogP contribution in [0, 0.1) is 0 Å². The Morgan fingerprint density at radius 3 is 2.26 bits per heavy atom. The molecule has 0 saturated heterocycles. The minimum Gasteiger partial charge on any atom is -0.496 e. The van der Waals surface area contributed by atoms with Gasteiger partial charge in [0.05, 0.1) is 33.2 Å². The van der Waals surface area contributed by atoms with Crippen LogP contribution >= 0.6 is 0 Å². The van der Waals surface area contributed by atoms with Gasteiger partial charge in [-0.25, -0.2) is 14.8 Å². The third-order valence-corrected chi connectivity index (χ3v) is 2.87. The highest BCUT2D eigenvalue weighted by Gasteiger charge is 2.05. The number of hydrogen-bond acceptors (Lipinski definition) is 7. The van der Waals surface area contributed by atoms with Gasteiger partial charge in [-0.05, 0) is 0 Å². The molecule has 1 aromatic heterocycles. The van der Waals surface area contributed by atoms with Crippen LogP contribution in [0.3, 0.4) is 0 Å². The molecular weight excluding hydrogens is 302 g/mol. The topological polar surface area (TPSA) is 103 Å². The van der Waals surface area contributed by atoms with Gasteiger partial charge in [-0.2, -0.15) is 0 Å². The Hall–Kier alpha value is -3.03. The Labute approximate surface area is 133 Å². The predicted octanol–water partition coefficient (Wildman–Crippen LogP) is 1.68. The molecule has 2 aromatic rings. The maximum Gasteiger partial charge on any atom is 0.356 e. The lowest BCUT2D eigenvalue weighted by Crippen LogP contribution is -2.13. The number of benzene rings is 1. The second-order valence-corrected chi connectivity index (χ2v) is 4.42. The molecule has 23 heavy (non-hydrogen) atoms. The number of carbonyl (C=O) groups is 1. The van der Waals surface area contributed by atoms with E-state index in [2.05, 4.69) is 15.3 Å². The van der Waals surface area contributed by atoms with E-state index in [4.69, 9.17) is 19.3 Å². The average Bonchev–Trinajstić information content (AvgIpc) is 2.58. The van der Waals surface area contributed by atoms with Gasteiger partial charge in [0.1, 0.15) is 29.7 Å². The minimum absolute atomic E-state index is 0.102. The summed E-state index contributed by atoms with van der Waals surface area (Å²) < 4.78 is 15.9. The van der Waals surface area contributed by atoms with Crippen molar-refractivity contribution in [1.29, 1.82) is 0 Å². The van der Waals surface area contributed by atoms with Gasteiger partial charge in [0.25, 0.3) is 0 Å². The molecule has 1 aromatic carbocycles. The van der Waals surface area contributed by atoms with Gasteiger partial charge in [0, 0.05) is 18.2 Å². The van der Waals surface area contributed by atoms with E-state index >= 15 is 0 Å². The molecule has 0 spiro atoms. The molecule has 8 nitrogen and oxygen atoms in total. The number of methoxy groups -OCH3 is 2. The third kappa shape index (κ3) is 4.73. The number of nitrogens with one attached hydrogen (secondary N) is 1. The predicted molar refractivity (Wildman–Crippen MR) is 82.5 cm³/mol. The van der Waals surface area contributed by atoms with E-state index in [0.29, 0.717) is 36.2 Å². The number of aromatic nitrogens is 2. The molecule has 0 aliphatic heterocycles. The first-order valence-electron chi connectivity index (χ1n) is 6.77. The SMILES string of the molecule is COc1cc(OC)cc(OCCNc2cnc(C(=O)O)cn2)c1. The smallest absolute Gasteiger partial charge is 0.356 e. The van der Waals surface area contributed by atoms with E-state index in [1.807, 2.05) is 0 Å². The Morgan fingerprint density at radius 2 is 1.74 bits per heavy atom. The van der Waals surface area contributed by atoms with Crippen LogP contribution in [0.4, 0.5) is 5.82 Å². The lowest BCUT2D eigenvalue weighted by Gasteiger charge is -2.11. The zero-order chi connectivity index (χ0) is 16.7. The van der Waals surface area contributed by atoms with E-state index < -0.39 is 5.97 Å². The van der Waals surface area contributed by atoms with Crippen molar-refractivity contribution in [2.45, 2.75) is 0 Å².